The van der Waals surface area contributed by atoms with Crippen molar-refractivity contribution in [1.29, 1.82) is 0 Å². The predicted octanol–water partition coefficient (Wildman–Crippen LogP) is 3.97. The molecule has 1 N–H and O–H groups in total. The number of hydrogen-bond acceptors (Lipinski definition) is 3. The molecule has 120 valence electrons. The number of hydrazone groups is 1. The minimum atomic E-state index is -0.233. The summed E-state index contributed by atoms with van der Waals surface area (Å²) in [5, 5.41) is 4.17. The van der Waals surface area contributed by atoms with Crippen LogP contribution in [0.4, 0.5) is 0 Å². The van der Waals surface area contributed by atoms with Gasteiger partial charge in [0, 0.05) is 18.0 Å². The summed E-state index contributed by atoms with van der Waals surface area (Å²) >= 11 is 0. The van der Waals surface area contributed by atoms with Crippen LogP contribution < -0.4 is 5.43 Å². The van der Waals surface area contributed by atoms with E-state index in [0.29, 0.717) is 5.56 Å². The highest BCUT2D eigenvalue weighted by atomic mass is 16.2. The lowest BCUT2D eigenvalue weighted by Gasteiger charge is -2.05. The molecule has 0 fully saturated rings. The van der Waals surface area contributed by atoms with Gasteiger partial charge in [0.25, 0.3) is 5.91 Å². The first kappa shape index (κ1) is 16.9. The van der Waals surface area contributed by atoms with Crippen molar-refractivity contribution in [2.75, 3.05) is 0 Å². The number of hydrogen-bond donors (Lipinski definition) is 1. The maximum absolute atomic E-state index is 11.9. The molecule has 1 aromatic carbocycles. The van der Waals surface area contributed by atoms with Gasteiger partial charge in [-0.05, 0) is 43.0 Å². The van der Waals surface area contributed by atoms with E-state index in [0.717, 1.165) is 17.7 Å². The van der Waals surface area contributed by atoms with Crippen LogP contribution in [0.3, 0.4) is 0 Å². The van der Waals surface area contributed by atoms with Crippen LogP contribution in [0.1, 0.15) is 54.6 Å². The van der Waals surface area contributed by atoms with Gasteiger partial charge in [0.15, 0.2) is 0 Å². The van der Waals surface area contributed by atoms with Crippen molar-refractivity contribution in [2.45, 2.75) is 39.5 Å². The highest BCUT2D eigenvalue weighted by Crippen LogP contribution is 2.09. The number of rotatable bonds is 7. The maximum Gasteiger partial charge on any atom is 0.271 e. The summed E-state index contributed by atoms with van der Waals surface area (Å²) in [5.74, 6) is -0.233. The summed E-state index contributed by atoms with van der Waals surface area (Å²) in [6.07, 6.45) is 8.02. The molecular weight excluding hydrogens is 286 g/mol. The molecule has 0 aliphatic carbocycles. The van der Waals surface area contributed by atoms with Gasteiger partial charge in [-0.3, -0.25) is 9.78 Å². The second-order valence-electron chi connectivity index (χ2n) is 5.53. The van der Waals surface area contributed by atoms with E-state index in [2.05, 4.69) is 46.7 Å². The molecular formula is C19H23N3O. The average molecular weight is 309 g/mol. The molecule has 2 aromatic rings. The molecule has 0 atom stereocenters. The molecule has 0 unspecified atom stereocenters. The van der Waals surface area contributed by atoms with Crippen molar-refractivity contribution in [2.24, 2.45) is 5.10 Å². The second kappa shape index (κ2) is 8.83. The number of amides is 1. The van der Waals surface area contributed by atoms with E-state index in [4.69, 9.17) is 0 Å². The number of unbranched alkanes of at least 4 members (excludes halogenated alkanes) is 2. The smallest absolute Gasteiger partial charge is 0.267 e. The molecule has 4 nitrogen and oxygen atoms in total. The maximum atomic E-state index is 11.9. The van der Waals surface area contributed by atoms with Crippen molar-refractivity contribution in [3.8, 4) is 0 Å². The molecule has 0 aliphatic heterocycles. The number of carbonyl (C=O) groups excluding carboxylic acids is 1. The number of carbonyl (C=O) groups is 1. The molecule has 0 spiro atoms. The third-order valence-electron chi connectivity index (χ3n) is 3.71. The normalized spacial score (nSPS) is 11.3. The summed E-state index contributed by atoms with van der Waals surface area (Å²) in [7, 11) is 0. The van der Waals surface area contributed by atoms with E-state index in [1.807, 2.05) is 6.92 Å². The van der Waals surface area contributed by atoms with Gasteiger partial charge < -0.3 is 0 Å². The Morgan fingerprint density at radius 1 is 1.04 bits per heavy atom. The standard InChI is InChI=1S/C19H23N3O/c1-3-4-5-6-16-7-9-17(10-8-16)15(2)21-22-19(23)18-11-13-20-14-12-18/h7-14H,3-6H2,1-2H3,(H,22,23). The van der Waals surface area contributed by atoms with Crippen LogP contribution in [0.2, 0.25) is 0 Å². The zero-order valence-corrected chi connectivity index (χ0v) is 13.7. The summed E-state index contributed by atoms with van der Waals surface area (Å²) in [5.41, 5.74) is 6.26. The van der Waals surface area contributed by atoms with Crippen LogP contribution in [0, 0.1) is 0 Å². The Labute approximate surface area is 137 Å². The molecule has 0 aliphatic rings. The van der Waals surface area contributed by atoms with Crippen LogP contribution in [-0.2, 0) is 6.42 Å². The minimum absolute atomic E-state index is 0.233. The Bertz CT molecular complexity index is 648. The molecule has 0 saturated heterocycles. The number of benzene rings is 1. The van der Waals surface area contributed by atoms with Crippen LogP contribution in [-0.4, -0.2) is 16.6 Å². The van der Waals surface area contributed by atoms with E-state index in [9.17, 15) is 4.79 Å². The lowest BCUT2D eigenvalue weighted by Crippen LogP contribution is -2.19. The Morgan fingerprint density at radius 3 is 2.39 bits per heavy atom. The molecule has 2 rings (SSSR count). The molecule has 4 heteroatoms. The van der Waals surface area contributed by atoms with E-state index in [1.54, 1.807) is 24.5 Å². The third-order valence-corrected chi connectivity index (χ3v) is 3.71. The highest BCUT2D eigenvalue weighted by Gasteiger charge is 2.04. The Balaban J connectivity index is 1.94. The number of nitrogens with zero attached hydrogens (tertiary/aromatic N) is 2. The van der Waals surface area contributed by atoms with Gasteiger partial charge in [-0.15, -0.1) is 0 Å². The fourth-order valence-corrected chi connectivity index (χ4v) is 2.26. The SMILES string of the molecule is CCCCCc1ccc(C(C)=NNC(=O)c2ccncc2)cc1. The lowest BCUT2D eigenvalue weighted by atomic mass is 10.0. The van der Waals surface area contributed by atoms with Crippen molar-refractivity contribution >= 4 is 11.6 Å². The van der Waals surface area contributed by atoms with Gasteiger partial charge in [0.05, 0.1) is 5.71 Å². The average Bonchev–Trinajstić information content (AvgIpc) is 2.61. The van der Waals surface area contributed by atoms with Gasteiger partial charge in [-0.1, -0.05) is 44.0 Å². The van der Waals surface area contributed by atoms with Crippen molar-refractivity contribution < 1.29 is 4.79 Å². The minimum Gasteiger partial charge on any atom is -0.267 e. The van der Waals surface area contributed by atoms with Gasteiger partial charge in [0.1, 0.15) is 0 Å². The monoisotopic (exact) mass is 309 g/mol. The zero-order chi connectivity index (χ0) is 16.5. The largest absolute Gasteiger partial charge is 0.271 e. The van der Waals surface area contributed by atoms with Gasteiger partial charge >= 0.3 is 0 Å². The fourth-order valence-electron chi connectivity index (χ4n) is 2.26. The molecule has 1 aromatic heterocycles. The van der Waals surface area contributed by atoms with Crippen molar-refractivity contribution in [1.82, 2.24) is 10.4 Å². The number of pyridine rings is 1. The van der Waals surface area contributed by atoms with Crippen LogP contribution in [0.25, 0.3) is 0 Å². The first-order chi connectivity index (χ1) is 11.2. The first-order valence-corrected chi connectivity index (χ1v) is 8.04. The zero-order valence-electron chi connectivity index (χ0n) is 13.7. The molecule has 23 heavy (non-hydrogen) atoms. The van der Waals surface area contributed by atoms with E-state index >= 15 is 0 Å². The second-order valence-corrected chi connectivity index (χ2v) is 5.53. The first-order valence-electron chi connectivity index (χ1n) is 8.04. The lowest BCUT2D eigenvalue weighted by molar-refractivity contribution is 0.0954. The Morgan fingerprint density at radius 2 is 1.74 bits per heavy atom. The number of aromatic nitrogens is 1. The Hall–Kier alpha value is -2.49. The number of aryl methyl sites for hydroxylation is 1. The predicted molar refractivity (Wildman–Crippen MR) is 93.6 cm³/mol. The van der Waals surface area contributed by atoms with E-state index in [1.165, 1.54) is 24.8 Å². The van der Waals surface area contributed by atoms with E-state index in [-0.39, 0.29) is 5.91 Å². The topological polar surface area (TPSA) is 54.4 Å². The van der Waals surface area contributed by atoms with Gasteiger partial charge in [-0.2, -0.15) is 5.10 Å². The summed E-state index contributed by atoms with van der Waals surface area (Å²) in [4.78, 5) is 15.8. The third kappa shape index (κ3) is 5.33. The van der Waals surface area contributed by atoms with Crippen LogP contribution in [0.5, 0.6) is 0 Å². The quantitative estimate of drug-likeness (QED) is 0.478. The van der Waals surface area contributed by atoms with E-state index < -0.39 is 0 Å². The Kier molecular flexibility index (Phi) is 6.48. The van der Waals surface area contributed by atoms with Gasteiger partial charge in [0.2, 0.25) is 0 Å². The summed E-state index contributed by atoms with van der Waals surface area (Å²) < 4.78 is 0. The number of nitrogens with one attached hydrogen (secondary N) is 1. The van der Waals surface area contributed by atoms with Gasteiger partial charge in [-0.25, -0.2) is 5.43 Å². The summed E-state index contributed by atoms with van der Waals surface area (Å²) in [6.45, 7) is 4.10. The summed E-state index contributed by atoms with van der Waals surface area (Å²) in [6, 6.07) is 11.7. The molecule has 0 saturated carbocycles. The van der Waals surface area contributed by atoms with Crippen LogP contribution in [0.15, 0.2) is 53.9 Å². The van der Waals surface area contributed by atoms with Crippen molar-refractivity contribution in [3.63, 3.8) is 0 Å². The highest BCUT2D eigenvalue weighted by molar-refractivity contribution is 6.00. The molecule has 1 heterocycles. The van der Waals surface area contributed by atoms with Crippen LogP contribution >= 0.6 is 0 Å². The van der Waals surface area contributed by atoms with Crippen molar-refractivity contribution in [3.05, 3.63) is 65.5 Å². The molecule has 1 amide bonds. The molecule has 0 bridgehead atoms. The molecule has 0 radical (unpaired) electrons. The fraction of sp³-hybridized carbons (Fsp3) is 0.316.